The van der Waals surface area contributed by atoms with Gasteiger partial charge in [-0.15, -0.1) is 0 Å². The van der Waals surface area contributed by atoms with Crippen molar-refractivity contribution in [2.45, 2.75) is 44.7 Å². The summed E-state index contributed by atoms with van der Waals surface area (Å²) in [4.78, 5) is 26.0. The van der Waals surface area contributed by atoms with Crippen LogP contribution in [-0.4, -0.2) is 44.9 Å². The number of likely N-dealkylation sites (N-methyl/N-ethyl adjacent to an activating group) is 1. The summed E-state index contributed by atoms with van der Waals surface area (Å²) in [6, 6.07) is 13.2. The van der Waals surface area contributed by atoms with Crippen LogP contribution in [0.1, 0.15) is 42.3 Å². The fraction of sp³-hybridized carbons (Fsp3) is 0.364. The van der Waals surface area contributed by atoms with E-state index in [4.69, 9.17) is 4.74 Å². The van der Waals surface area contributed by atoms with E-state index in [2.05, 4.69) is 11.6 Å². The number of ether oxygens (including phenoxy) is 1. The molecule has 162 valence electrons. The fourth-order valence-electron chi connectivity index (χ4n) is 2.73. The second kappa shape index (κ2) is 10.4. The molecule has 8 heteroatoms. The first-order valence-electron chi connectivity index (χ1n) is 9.73. The number of rotatable bonds is 9. The minimum Gasteiger partial charge on any atom is -0.452 e. The van der Waals surface area contributed by atoms with E-state index in [0.717, 1.165) is 12.0 Å². The Hall–Kier alpha value is -2.71. The van der Waals surface area contributed by atoms with E-state index in [1.807, 2.05) is 24.3 Å². The summed E-state index contributed by atoms with van der Waals surface area (Å²) in [6.07, 6.45) is 0.945. The molecule has 0 saturated heterocycles. The van der Waals surface area contributed by atoms with Gasteiger partial charge in [0, 0.05) is 19.6 Å². The lowest BCUT2D eigenvalue weighted by molar-refractivity contribution is -0.133. The number of aryl methyl sites for hydroxylation is 1. The van der Waals surface area contributed by atoms with Crippen molar-refractivity contribution in [3.8, 4) is 0 Å². The molecule has 0 fully saturated rings. The third kappa shape index (κ3) is 6.67. The van der Waals surface area contributed by atoms with Gasteiger partial charge in [0.05, 0.1) is 10.5 Å². The van der Waals surface area contributed by atoms with Crippen LogP contribution in [0.5, 0.6) is 0 Å². The van der Waals surface area contributed by atoms with Gasteiger partial charge >= 0.3 is 5.97 Å². The Balaban J connectivity index is 1.96. The lowest BCUT2D eigenvalue weighted by atomic mass is 10.1. The van der Waals surface area contributed by atoms with Crippen LogP contribution in [0.2, 0.25) is 0 Å². The fourth-order valence-corrected chi connectivity index (χ4v) is 4.03. The van der Waals surface area contributed by atoms with Gasteiger partial charge in [-0.25, -0.2) is 17.9 Å². The molecular weight excluding hydrogens is 404 g/mol. The monoisotopic (exact) mass is 432 g/mol. The number of carbonyl (C=O) groups is 2. The van der Waals surface area contributed by atoms with Crippen LogP contribution in [-0.2, 0) is 32.5 Å². The van der Waals surface area contributed by atoms with Crippen molar-refractivity contribution >= 4 is 21.9 Å². The SMILES string of the molecule is CCc1ccc(CN(C)C(=O)COC(=O)c2cccc(S(=O)(=O)NC(C)C)c2)cc1. The lowest BCUT2D eigenvalue weighted by Crippen LogP contribution is -2.31. The number of hydrogen-bond acceptors (Lipinski definition) is 5. The Bertz CT molecular complexity index is 985. The predicted octanol–water partition coefficient (Wildman–Crippen LogP) is 2.75. The van der Waals surface area contributed by atoms with E-state index < -0.39 is 22.6 Å². The molecule has 2 rings (SSSR count). The maximum atomic E-state index is 12.3. The standard InChI is InChI=1S/C22H28N2O5S/c1-5-17-9-11-18(12-10-17)14-24(4)21(25)15-29-22(26)19-7-6-8-20(13-19)30(27,28)23-16(2)3/h6-13,16,23H,5,14-15H2,1-4H3. The van der Waals surface area contributed by atoms with Crippen LogP contribution in [0.25, 0.3) is 0 Å². The molecule has 30 heavy (non-hydrogen) atoms. The minimum atomic E-state index is -3.73. The van der Waals surface area contributed by atoms with Crippen molar-refractivity contribution in [1.29, 1.82) is 0 Å². The Labute approximate surface area is 178 Å². The molecule has 7 nitrogen and oxygen atoms in total. The Morgan fingerprint density at radius 2 is 1.70 bits per heavy atom. The van der Waals surface area contributed by atoms with E-state index in [-0.39, 0.29) is 22.4 Å². The predicted molar refractivity (Wildman–Crippen MR) is 114 cm³/mol. The summed E-state index contributed by atoms with van der Waals surface area (Å²) in [7, 11) is -2.10. The average molecular weight is 433 g/mol. The van der Waals surface area contributed by atoms with Crippen molar-refractivity contribution in [1.82, 2.24) is 9.62 Å². The molecule has 0 spiro atoms. The lowest BCUT2D eigenvalue weighted by Gasteiger charge is -2.17. The summed E-state index contributed by atoms with van der Waals surface area (Å²) in [5, 5.41) is 0. The molecule has 0 unspecified atom stereocenters. The van der Waals surface area contributed by atoms with Crippen LogP contribution in [0.4, 0.5) is 0 Å². The molecule has 2 aromatic carbocycles. The Morgan fingerprint density at radius 1 is 1.07 bits per heavy atom. The number of nitrogens with one attached hydrogen (secondary N) is 1. The van der Waals surface area contributed by atoms with Gasteiger partial charge in [-0.1, -0.05) is 37.3 Å². The summed E-state index contributed by atoms with van der Waals surface area (Å²) in [5.41, 5.74) is 2.26. The second-order valence-corrected chi connectivity index (χ2v) is 9.01. The van der Waals surface area contributed by atoms with Gasteiger partial charge in [-0.3, -0.25) is 4.79 Å². The van der Waals surface area contributed by atoms with Gasteiger partial charge in [0.1, 0.15) is 0 Å². The Morgan fingerprint density at radius 3 is 2.30 bits per heavy atom. The van der Waals surface area contributed by atoms with E-state index in [1.54, 1.807) is 20.9 Å². The molecule has 1 amide bonds. The van der Waals surface area contributed by atoms with Crippen molar-refractivity contribution in [2.24, 2.45) is 0 Å². The maximum Gasteiger partial charge on any atom is 0.338 e. The Kier molecular flexibility index (Phi) is 8.14. The molecular formula is C22H28N2O5S. The molecule has 0 atom stereocenters. The van der Waals surface area contributed by atoms with E-state index in [0.29, 0.717) is 6.54 Å². The summed E-state index contributed by atoms with van der Waals surface area (Å²) < 4.78 is 32.1. The highest BCUT2D eigenvalue weighted by Crippen LogP contribution is 2.13. The zero-order chi connectivity index (χ0) is 22.3. The van der Waals surface area contributed by atoms with Crippen molar-refractivity contribution in [2.75, 3.05) is 13.7 Å². The van der Waals surface area contributed by atoms with E-state index in [9.17, 15) is 18.0 Å². The van der Waals surface area contributed by atoms with E-state index in [1.165, 1.54) is 34.7 Å². The summed E-state index contributed by atoms with van der Waals surface area (Å²) in [5.74, 6) is -1.11. The number of sulfonamides is 1. The topological polar surface area (TPSA) is 92.8 Å². The zero-order valence-electron chi connectivity index (χ0n) is 17.7. The van der Waals surface area contributed by atoms with Crippen molar-refractivity contribution in [3.05, 3.63) is 65.2 Å². The summed E-state index contributed by atoms with van der Waals surface area (Å²) >= 11 is 0. The molecule has 0 heterocycles. The number of hydrogen-bond donors (Lipinski definition) is 1. The van der Waals surface area contributed by atoms with Crippen LogP contribution in [0.15, 0.2) is 53.4 Å². The molecule has 0 radical (unpaired) electrons. The molecule has 2 aromatic rings. The van der Waals surface area contributed by atoms with Crippen LogP contribution in [0, 0.1) is 0 Å². The molecule has 0 aromatic heterocycles. The smallest absolute Gasteiger partial charge is 0.338 e. The van der Waals surface area contributed by atoms with Gasteiger partial charge < -0.3 is 9.64 Å². The average Bonchev–Trinajstić information content (AvgIpc) is 2.71. The first kappa shape index (κ1) is 23.6. The number of amides is 1. The molecule has 0 aliphatic rings. The number of nitrogens with zero attached hydrogens (tertiary/aromatic N) is 1. The van der Waals surface area contributed by atoms with Gasteiger partial charge in [0.2, 0.25) is 10.0 Å². The van der Waals surface area contributed by atoms with Crippen LogP contribution < -0.4 is 4.72 Å². The molecule has 0 aliphatic heterocycles. The third-order valence-electron chi connectivity index (χ3n) is 4.37. The highest BCUT2D eigenvalue weighted by Gasteiger charge is 2.19. The van der Waals surface area contributed by atoms with Crippen LogP contribution >= 0.6 is 0 Å². The van der Waals surface area contributed by atoms with E-state index >= 15 is 0 Å². The maximum absolute atomic E-state index is 12.3. The minimum absolute atomic E-state index is 0.0374. The largest absolute Gasteiger partial charge is 0.452 e. The molecule has 0 saturated carbocycles. The highest BCUT2D eigenvalue weighted by molar-refractivity contribution is 7.89. The first-order chi connectivity index (χ1) is 14.1. The summed E-state index contributed by atoms with van der Waals surface area (Å²) in [6.45, 7) is 5.45. The number of esters is 1. The molecule has 1 N–H and O–H groups in total. The second-order valence-electron chi connectivity index (χ2n) is 7.30. The van der Waals surface area contributed by atoms with Gasteiger partial charge in [0.25, 0.3) is 5.91 Å². The number of carbonyl (C=O) groups excluding carboxylic acids is 2. The van der Waals surface area contributed by atoms with Crippen LogP contribution in [0.3, 0.4) is 0 Å². The first-order valence-corrected chi connectivity index (χ1v) is 11.2. The zero-order valence-corrected chi connectivity index (χ0v) is 18.5. The van der Waals surface area contributed by atoms with Gasteiger partial charge in [-0.2, -0.15) is 0 Å². The van der Waals surface area contributed by atoms with Gasteiger partial charge in [-0.05, 0) is 49.6 Å². The quantitative estimate of drug-likeness (QED) is 0.615. The van der Waals surface area contributed by atoms with Gasteiger partial charge in [0.15, 0.2) is 6.61 Å². The third-order valence-corrected chi connectivity index (χ3v) is 6.03. The highest BCUT2D eigenvalue weighted by atomic mass is 32.2. The molecule has 0 bridgehead atoms. The normalized spacial score (nSPS) is 11.4. The van der Waals surface area contributed by atoms with Crippen molar-refractivity contribution < 1.29 is 22.7 Å². The van der Waals surface area contributed by atoms with Crippen molar-refractivity contribution in [3.63, 3.8) is 0 Å². The molecule has 0 aliphatic carbocycles. The number of benzene rings is 2.